The van der Waals surface area contributed by atoms with Gasteiger partial charge in [0.05, 0.1) is 26.0 Å². The van der Waals surface area contributed by atoms with Crippen molar-refractivity contribution in [2.45, 2.75) is 9.92 Å². The summed E-state index contributed by atoms with van der Waals surface area (Å²) >= 11 is 0. The van der Waals surface area contributed by atoms with Crippen LogP contribution >= 0.6 is 0 Å². The molecule has 12 nitrogen and oxygen atoms in total. The van der Waals surface area contributed by atoms with E-state index in [2.05, 4.69) is 26.8 Å². The standard InChI is InChI=1S/C15H17N5O7S2/c1-4-8-28(22,23)10-6-5-7-16-13(10)29(24,25)20-15(21)19-14-17-11(26-2)9-12(18-14)27-3/h4-7,9H,1,8H2,2-3H3,(H2,17,18,19,20,21). The van der Waals surface area contributed by atoms with Crippen LogP contribution in [0.2, 0.25) is 0 Å². The summed E-state index contributed by atoms with van der Waals surface area (Å²) in [5.41, 5.74) is 0. The molecule has 0 saturated heterocycles. The predicted molar refractivity (Wildman–Crippen MR) is 101 cm³/mol. The number of hydrogen-bond donors (Lipinski definition) is 2. The topological polar surface area (TPSA) is 167 Å². The molecule has 2 aromatic rings. The van der Waals surface area contributed by atoms with Gasteiger partial charge in [-0.15, -0.1) is 6.58 Å². The minimum Gasteiger partial charge on any atom is -0.481 e. The van der Waals surface area contributed by atoms with Crippen LogP contribution in [0.5, 0.6) is 11.8 Å². The number of amides is 2. The molecule has 2 rings (SSSR count). The van der Waals surface area contributed by atoms with Crippen LogP contribution in [0.1, 0.15) is 0 Å². The number of rotatable bonds is 8. The first-order valence-corrected chi connectivity index (χ1v) is 10.9. The molecule has 2 heterocycles. The summed E-state index contributed by atoms with van der Waals surface area (Å²) in [4.78, 5) is 22.8. The van der Waals surface area contributed by atoms with Crippen LogP contribution in [-0.2, 0) is 19.9 Å². The highest BCUT2D eigenvalue weighted by Crippen LogP contribution is 2.20. The Hall–Kier alpha value is -3.26. The van der Waals surface area contributed by atoms with E-state index in [1.54, 1.807) is 4.72 Å². The van der Waals surface area contributed by atoms with Crippen molar-refractivity contribution >= 4 is 31.8 Å². The number of pyridine rings is 1. The highest BCUT2D eigenvalue weighted by molar-refractivity contribution is 7.94. The van der Waals surface area contributed by atoms with Gasteiger partial charge in [-0.3, -0.25) is 5.32 Å². The Morgan fingerprint density at radius 3 is 2.34 bits per heavy atom. The number of nitrogens with zero attached hydrogens (tertiary/aromatic N) is 3. The number of hydrogen-bond acceptors (Lipinski definition) is 10. The Morgan fingerprint density at radius 2 is 1.79 bits per heavy atom. The number of aromatic nitrogens is 3. The van der Waals surface area contributed by atoms with E-state index in [4.69, 9.17) is 9.47 Å². The normalized spacial score (nSPS) is 11.4. The molecule has 14 heteroatoms. The monoisotopic (exact) mass is 443 g/mol. The third-order valence-electron chi connectivity index (χ3n) is 3.21. The quantitative estimate of drug-likeness (QED) is 0.544. The maximum Gasteiger partial charge on any atom is 0.335 e. The lowest BCUT2D eigenvalue weighted by Crippen LogP contribution is -2.36. The van der Waals surface area contributed by atoms with Crippen LogP contribution in [-0.4, -0.2) is 57.8 Å². The van der Waals surface area contributed by atoms with Crippen LogP contribution < -0.4 is 19.5 Å². The fourth-order valence-electron chi connectivity index (χ4n) is 2.03. The van der Waals surface area contributed by atoms with Gasteiger partial charge in [0.2, 0.25) is 17.7 Å². The van der Waals surface area contributed by atoms with E-state index >= 15 is 0 Å². The highest BCUT2D eigenvalue weighted by Gasteiger charge is 2.29. The second-order valence-electron chi connectivity index (χ2n) is 5.21. The molecule has 0 aromatic carbocycles. The van der Waals surface area contributed by atoms with Gasteiger partial charge in [0.1, 0.15) is 4.90 Å². The summed E-state index contributed by atoms with van der Waals surface area (Å²) < 4.78 is 61.1. The lowest BCUT2D eigenvalue weighted by atomic mass is 10.5. The third kappa shape index (κ3) is 5.39. The van der Waals surface area contributed by atoms with Gasteiger partial charge in [-0.2, -0.15) is 18.4 Å². The molecule has 0 unspecified atom stereocenters. The molecule has 2 amide bonds. The van der Waals surface area contributed by atoms with Gasteiger partial charge in [-0.25, -0.2) is 22.9 Å². The van der Waals surface area contributed by atoms with Crippen molar-refractivity contribution < 1.29 is 31.1 Å². The molecule has 0 aliphatic heterocycles. The maximum atomic E-state index is 12.5. The van der Waals surface area contributed by atoms with Gasteiger partial charge in [0.25, 0.3) is 10.0 Å². The van der Waals surface area contributed by atoms with E-state index in [1.807, 2.05) is 0 Å². The van der Waals surface area contributed by atoms with Crippen molar-refractivity contribution in [1.82, 2.24) is 19.7 Å². The van der Waals surface area contributed by atoms with Crippen LogP contribution in [0.25, 0.3) is 0 Å². The van der Waals surface area contributed by atoms with E-state index in [1.165, 1.54) is 26.4 Å². The second-order valence-corrected chi connectivity index (χ2v) is 8.81. The zero-order valence-electron chi connectivity index (χ0n) is 15.3. The number of anilines is 1. The summed E-state index contributed by atoms with van der Waals surface area (Å²) in [7, 11) is -6.03. The molecule has 0 aliphatic carbocycles. The summed E-state index contributed by atoms with van der Waals surface area (Å²) in [5.74, 6) is -0.713. The van der Waals surface area contributed by atoms with Gasteiger partial charge in [-0.05, 0) is 12.1 Å². The molecule has 0 bridgehead atoms. The summed E-state index contributed by atoms with van der Waals surface area (Å²) in [6.45, 7) is 3.32. The number of sulfone groups is 1. The zero-order chi connectivity index (χ0) is 21.7. The van der Waals surface area contributed by atoms with Gasteiger partial charge in [0.15, 0.2) is 14.9 Å². The number of ether oxygens (including phenoxy) is 2. The molecule has 0 saturated carbocycles. The van der Waals surface area contributed by atoms with E-state index < -0.39 is 41.6 Å². The molecular weight excluding hydrogens is 426 g/mol. The summed E-state index contributed by atoms with van der Waals surface area (Å²) in [6, 6.07) is 2.41. The molecular formula is C15H17N5O7S2. The van der Waals surface area contributed by atoms with Crippen LogP contribution in [0.3, 0.4) is 0 Å². The SMILES string of the molecule is C=CCS(=O)(=O)c1cccnc1S(=O)(=O)NC(=O)Nc1nc(OC)cc(OC)n1. The lowest BCUT2D eigenvalue weighted by molar-refractivity contribution is 0.256. The average Bonchev–Trinajstić information content (AvgIpc) is 2.67. The summed E-state index contributed by atoms with van der Waals surface area (Å²) in [5, 5.41) is 1.26. The Kier molecular flexibility index (Phi) is 6.71. The first kappa shape index (κ1) is 22.0. The van der Waals surface area contributed by atoms with Crippen molar-refractivity contribution in [2.75, 3.05) is 25.3 Å². The minimum absolute atomic E-state index is 0.0533. The molecule has 0 atom stereocenters. The Morgan fingerprint density at radius 1 is 1.17 bits per heavy atom. The maximum absolute atomic E-state index is 12.5. The fourth-order valence-corrected chi connectivity index (χ4v) is 4.75. The van der Waals surface area contributed by atoms with Gasteiger partial charge in [0, 0.05) is 6.20 Å². The number of sulfonamides is 1. The second kappa shape index (κ2) is 8.83. The number of nitrogens with one attached hydrogen (secondary N) is 2. The average molecular weight is 443 g/mol. The first-order valence-electron chi connectivity index (χ1n) is 7.72. The van der Waals surface area contributed by atoms with Crippen molar-refractivity contribution in [3.63, 3.8) is 0 Å². The molecule has 2 aromatic heterocycles. The molecule has 0 radical (unpaired) electrons. The molecule has 0 fully saturated rings. The number of carbonyl (C=O) groups excluding carboxylic acids is 1. The van der Waals surface area contributed by atoms with Crippen LogP contribution in [0.15, 0.2) is 47.0 Å². The highest BCUT2D eigenvalue weighted by atomic mass is 32.2. The number of methoxy groups -OCH3 is 2. The van der Waals surface area contributed by atoms with Crippen molar-refractivity contribution in [2.24, 2.45) is 0 Å². The Bertz CT molecular complexity index is 1110. The molecule has 156 valence electrons. The van der Waals surface area contributed by atoms with E-state index in [0.717, 1.165) is 18.3 Å². The molecule has 29 heavy (non-hydrogen) atoms. The van der Waals surface area contributed by atoms with Gasteiger partial charge in [-0.1, -0.05) is 6.08 Å². The van der Waals surface area contributed by atoms with Gasteiger partial charge >= 0.3 is 6.03 Å². The molecule has 0 aliphatic rings. The van der Waals surface area contributed by atoms with Crippen LogP contribution in [0, 0.1) is 0 Å². The smallest absolute Gasteiger partial charge is 0.335 e. The van der Waals surface area contributed by atoms with E-state index in [-0.39, 0.29) is 17.7 Å². The largest absolute Gasteiger partial charge is 0.481 e. The van der Waals surface area contributed by atoms with Gasteiger partial charge < -0.3 is 9.47 Å². The fraction of sp³-hybridized carbons (Fsp3) is 0.200. The van der Waals surface area contributed by atoms with Crippen molar-refractivity contribution in [1.29, 1.82) is 0 Å². The summed E-state index contributed by atoms with van der Waals surface area (Å²) in [6.07, 6.45) is 2.18. The van der Waals surface area contributed by atoms with E-state index in [0.29, 0.717) is 0 Å². The third-order valence-corrected chi connectivity index (χ3v) is 6.30. The van der Waals surface area contributed by atoms with Crippen LogP contribution in [0.4, 0.5) is 10.7 Å². The Labute approximate surface area is 167 Å². The van der Waals surface area contributed by atoms with E-state index in [9.17, 15) is 21.6 Å². The Balaban J connectivity index is 2.31. The number of carbonyl (C=O) groups is 1. The lowest BCUT2D eigenvalue weighted by Gasteiger charge is -2.11. The zero-order valence-corrected chi connectivity index (χ0v) is 16.9. The first-order chi connectivity index (χ1) is 13.6. The van der Waals surface area contributed by atoms with Crippen molar-refractivity contribution in [3.8, 4) is 11.8 Å². The minimum atomic E-state index is -4.65. The molecule has 2 N–H and O–H groups in total. The number of urea groups is 1. The predicted octanol–water partition coefficient (Wildman–Crippen LogP) is 0.359. The van der Waals surface area contributed by atoms with Crippen molar-refractivity contribution in [3.05, 3.63) is 37.1 Å². The molecule has 0 spiro atoms.